The molecule has 0 saturated carbocycles. The fourth-order valence-corrected chi connectivity index (χ4v) is 1.21. The van der Waals surface area contributed by atoms with Gasteiger partial charge in [0, 0.05) is 0 Å². The van der Waals surface area contributed by atoms with Crippen LogP contribution in [0.3, 0.4) is 0 Å². The third-order valence-electron chi connectivity index (χ3n) is 1.99. The average molecular weight is 248 g/mol. The molecule has 0 bridgehead atoms. The van der Waals surface area contributed by atoms with Crippen molar-refractivity contribution in [1.82, 2.24) is 4.90 Å². The maximum Gasteiger partial charge on any atom is 0.223 e. The van der Waals surface area contributed by atoms with Crippen molar-refractivity contribution in [3.63, 3.8) is 0 Å². The lowest BCUT2D eigenvalue weighted by molar-refractivity contribution is -0.0607. The fraction of sp³-hybridized carbons (Fsp3) is 0.556. The van der Waals surface area contributed by atoms with Crippen LogP contribution in [0.4, 0.5) is 0 Å². The monoisotopic (exact) mass is 248 g/mol. The van der Waals surface area contributed by atoms with E-state index in [1.54, 1.807) is 0 Å². The smallest absolute Gasteiger partial charge is 0.223 e. The molecule has 0 spiro atoms. The first-order valence-electron chi connectivity index (χ1n) is 7.36. The molecule has 2 aliphatic heterocycles. The van der Waals surface area contributed by atoms with Crippen molar-refractivity contribution in [2.24, 2.45) is 15.7 Å². The Kier molecular flexibility index (Phi) is 1.68. The molecular formula is C9H14N4O4. The first kappa shape index (κ1) is 6.45. The van der Waals surface area contributed by atoms with Crippen LogP contribution in [0.25, 0.3) is 0 Å². The Hall–Kier alpha value is -1.48. The van der Waals surface area contributed by atoms with Crippen molar-refractivity contribution in [2.75, 3.05) is 6.56 Å². The predicted octanol–water partition coefficient (Wildman–Crippen LogP) is -2.44. The van der Waals surface area contributed by atoms with Gasteiger partial charge in [0.25, 0.3) is 0 Å². The Bertz CT molecular complexity index is 620. The van der Waals surface area contributed by atoms with E-state index in [0.29, 0.717) is 4.90 Å². The van der Waals surface area contributed by atoms with Crippen LogP contribution in [-0.2, 0) is 4.74 Å². The predicted molar refractivity (Wildman–Crippen MR) is 58.9 cm³/mol. The average Bonchev–Trinajstić information content (AvgIpc) is 2.46. The molecule has 0 aromatic carbocycles. The minimum absolute atomic E-state index is 0.280. The second kappa shape index (κ2) is 4.41. The van der Waals surface area contributed by atoms with Crippen LogP contribution >= 0.6 is 0 Å². The van der Waals surface area contributed by atoms with E-state index in [2.05, 4.69) is 21.3 Å². The molecular weight excluding hydrogens is 228 g/mol. The van der Waals surface area contributed by atoms with E-state index in [9.17, 15) is 15.3 Å². The van der Waals surface area contributed by atoms with Crippen LogP contribution in [0.15, 0.2) is 22.4 Å². The number of ether oxygens (including phenoxy) is 1. The van der Waals surface area contributed by atoms with Crippen molar-refractivity contribution >= 4 is 12.3 Å². The quantitative estimate of drug-likeness (QED) is 0.430. The zero-order valence-electron chi connectivity index (χ0n) is 14.5. The number of aliphatic imine (C=N–C) groups is 2. The van der Waals surface area contributed by atoms with E-state index in [1.165, 1.54) is 0 Å². The first-order chi connectivity index (χ1) is 10.1. The van der Waals surface area contributed by atoms with Crippen LogP contribution in [0.5, 0.6) is 0 Å². The summed E-state index contributed by atoms with van der Waals surface area (Å²) in [6.45, 7) is -0.339. The first-order valence-corrected chi connectivity index (χ1v) is 4.36. The van der Waals surface area contributed by atoms with Gasteiger partial charge in [-0.3, -0.25) is 4.90 Å². The molecule has 1 saturated heterocycles. The van der Waals surface area contributed by atoms with E-state index in [0.717, 1.165) is 6.34 Å². The number of rotatable bonds is 2. The summed E-state index contributed by atoms with van der Waals surface area (Å²) in [4.78, 5) is 7.51. The molecule has 2 rings (SSSR count). The number of nitrogens with zero attached hydrogens (tertiary/aromatic N) is 3. The maximum absolute atomic E-state index is 10.2. The molecule has 0 aromatic rings. The highest BCUT2D eigenvalue weighted by atomic mass is 16.6. The molecule has 5 N–H and O–H groups in total. The van der Waals surface area contributed by atoms with Gasteiger partial charge < -0.3 is 25.8 Å². The summed E-state index contributed by atoms with van der Waals surface area (Å²) in [5, 5.41) is 29.6. The molecule has 1 unspecified atom stereocenters. The molecule has 2 heterocycles. The van der Waals surface area contributed by atoms with Crippen LogP contribution in [0, 0.1) is 0 Å². The highest BCUT2D eigenvalue weighted by Crippen LogP contribution is 2.26. The molecule has 0 aromatic heterocycles. The van der Waals surface area contributed by atoms with E-state index in [4.69, 9.17) is 14.0 Å². The number of hydrogen-bond donors (Lipinski definition) is 4. The van der Waals surface area contributed by atoms with Crippen molar-refractivity contribution in [3.8, 4) is 0 Å². The molecule has 0 amide bonds. The fourth-order valence-electron chi connectivity index (χ4n) is 1.21. The summed E-state index contributed by atoms with van der Waals surface area (Å²) in [6.07, 6.45) is -13.5. The summed E-state index contributed by atoms with van der Waals surface area (Å²) < 4.78 is 50.2. The van der Waals surface area contributed by atoms with Gasteiger partial charge in [-0.2, -0.15) is 4.99 Å². The number of nitrogens with two attached hydrogens (primary N) is 1. The summed E-state index contributed by atoms with van der Waals surface area (Å²) >= 11 is 0. The maximum atomic E-state index is 10.2. The van der Waals surface area contributed by atoms with Gasteiger partial charge in [0.15, 0.2) is 6.20 Å². The van der Waals surface area contributed by atoms with Crippen molar-refractivity contribution in [2.45, 2.75) is 24.4 Å². The molecule has 94 valence electrons. The summed E-state index contributed by atoms with van der Waals surface area (Å²) in [6, 6.07) is 0. The summed E-state index contributed by atoms with van der Waals surface area (Å²) in [5.74, 6) is -0.672. The Labute approximate surface area is 106 Å². The number of aliphatic hydroxyl groups is 3. The molecule has 8 nitrogen and oxygen atoms in total. The zero-order valence-corrected chi connectivity index (χ0v) is 8.45. The normalized spacial score (nSPS) is 60.8. The molecule has 17 heavy (non-hydrogen) atoms. The van der Waals surface area contributed by atoms with Gasteiger partial charge in [0.05, 0.1) is 14.8 Å². The van der Waals surface area contributed by atoms with Crippen LogP contribution in [-0.4, -0.2) is 63.5 Å². The Morgan fingerprint density at radius 2 is 2.35 bits per heavy atom. The van der Waals surface area contributed by atoms with Gasteiger partial charge in [0.2, 0.25) is 5.96 Å². The molecule has 0 aliphatic carbocycles. The largest absolute Gasteiger partial charge is 0.394 e. The second-order valence-electron chi connectivity index (χ2n) is 3.05. The van der Waals surface area contributed by atoms with Gasteiger partial charge >= 0.3 is 0 Å². The van der Waals surface area contributed by atoms with Crippen molar-refractivity contribution < 1.29 is 28.3 Å². The Morgan fingerprint density at radius 3 is 2.88 bits per heavy atom. The van der Waals surface area contributed by atoms with Crippen LogP contribution < -0.4 is 5.73 Å². The van der Waals surface area contributed by atoms with Gasteiger partial charge in [-0.05, 0) is 0 Å². The number of guanidine groups is 1. The lowest BCUT2D eigenvalue weighted by Crippen LogP contribution is -2.44. The van der Waals surface area contributed by atoms with Gasteiger partial charge in [-0.1, -0.05) is 6.58 Å². The van der Waals surface area contributed by atoms with E-state index < -0.39 is 36.8 Å². The lowest BCUT2D eigenvalue weighted by atomic mass is 10.1. The molecule has 2 aliphatic rings. The van der Waals surface area contributed by atoms with E-state index >= 15 is 0 Å². The van der Waals surface area contributed by atoms with E-state index in [1.807, 2.05) is 0 Å². The standard InChI is InChI=1S/C9H14N4O4/c1-4-12-9(10)11-3-13(4)8-7(16)6(15)5(2-14)17-8/h3,5-8,14-16H,1-2H2,(H2,10,12)/t5-,6+,7?,8-/m1/s1/i2D2,5D,6D,7D,8D. The number of hydrogen-bond acceptors (Lipinski definition) is 8. The highest BCUT2D eigenvalue weighted by molar-refractivity contribution is 5.89. The van der Waals surface area contributed by atoms with Gasteiger partial charge in [-0.15, -0.1) is 0 Å². The Balaban J connectivity index is 2.61. The zero-order chi connectivity index (χ0) is 18.1. The minimum atomic E-state index is -3.78. The van der Waals surface area contributed by atoms with Crippen molar-refractivity contribution in [3.05, 3.63) is 12.4 Å². The van der Waals surface area contributed by atoms with E-state index in [-0.39, 0.29) is 5.96 Å². The molecule has 0 radical (unpaired) electrons. The SMILES string of the molecule is [2H]C1(O)[C@]([2H])(N2C=NC(N)=NC2=C)O[C@]([2H])(C([2H])([2H])O)[C@]1([2H])O. The summed E-state index contributed by atoms with van der Waals surface area (Å²) in [5.41, 5.74) is 5.30. The van der Waals surface area contributed by atoms with Crippen LogP contribution in [0.2, 0.25) is 0 Å². The lowest BCUT2D eigenvalue weighted by Gasteiger charge is -2.29. The van der Waals surface area contributed by atoms with Gasteiger partial charge in [-0.25, -0.2) is 4.99 Å². The van der Waals surface area contributed by atoms with Crippen LogP contribution in [0.1, 0.15) is 8.22 Å². The molecule has 4 atom stereocenters. The van der Waals surface area contributed by atoms with Crippen molar-refractivity contribution in [1.29, 1.82) is 0 Å². The minimum Gasteiger partial charge on any atom is -0.394 e. The third-order valence-corrected chi connectivity index (χ3v) is 1.99. The Morgan fingerprint density at radius 1 is 1.65 bits per heavy atom. The topological polar surface area (TPSA) is 124 Å². The molecule has 8 heteroatoms. The highest BCUT2D eigenvalue weighted by Gasteiger charge is 2.45. The third kappa shape index (κ3) is 2.03. The second-order valence-corrected chi connectivity index (χ2v) is 3.05. The molecule has 1 fully saturated rings. The summed E-state index contributed by atoms with van der Waals surface area (Å²) in [7, 11) is 0. The van der Waals surface area contributed by atoms with Gasteiger partial charge in [0.1, 0.15) is 30.4 Å².